The van der Waals surface area contributed by atoms with Gasteiger partial charge in [-0.1, -0.05) is 69.3 Å². The predicted molar refractivity (Wildman–Crippen MR) is 141 cm³/mol. The summed E-state index contributed by atoms with van der Waals surface area (Å²) < 4.78 is 20.1. The molecule has 0 unspecified atom stereocenters. The van der Waals surface area contributed by atoms with Crippen LogP contribution in [0, 0.1) is 12.3 Å². The van der Waals surface area contributed by atoms with Crippen molar-refractivity contribution in [3.05, 3.63) is 111 Å². The van der Waals surface area contributed by atoms with E-state index in [1.54, 1.807) is 0 Å². The van der Waals surface area contributed by atoms with Crippen LogP contribution in [-0.2, 0) is 32.7 Å². The normalized spacial score (nSPS) is 15.1. The summed E-state index contributed by atoms with van der Waals surface area (Å²) in [5, 5.41) is 0. The highest BCUT2D eigenvalue weighted by Gasteiger charge is 2.33. The number of hydrogen-bond acceptors (Lipinski definition) is 0. The largest absolute Gasteiger partial charge is 0.213 e. The van der Waals surface area contributed by atoms with E-state index >= 15 is 0 Å². The fourth-order valence-electron chi connectivity index (χ4n) is 6.05. The van der Waals surface area contributed by atoms with Gasteiger partial charge in [0.1, 0.15) is 7.05 Å². The molecule has 3 aromatic carbocycles. The summed E-state index contributed by atoms with van der Waals surface area (Å²) in [7, 11) is 2.09. The molecule has 34 heavy (non-hydrogen) atoms. The van der Waals surface area contributed by atoms with Crippen molar-refractivity contribution in [2.45, 2.75) is 53.3 Å². The second-order valence-electron chi connectivity index (χ2n) is 11.1. The van der Waals surface area contributed by atoms with E-state index in [2.05, 4.69) is 73.1 Å². The highest BCUT2D eigenvalue weighted by atomic mass is 14.9. The Balaban J connectivity index is 1.65. The van der Waals surface area contributed by atoms with Crippen molar-refractivity contribution in [2.75, 3.05) is 0 Å². The maximum absolute atomic E-state index is 8.95. The first kappa shape index (κ1) is 19.2. The number of aromatic nitrogens is 1. The van der Waals surface area contributed by atoms with Crippen molar-refractivity contribution >= 4 is 0 Å². The highest BCUT2D eigenvalue weighted by molar-refractivity contribution is 5.88. The van der Waals surface area contributed by atoms with Gasteiger partial charge in [-0.25, -0.2) is 4.57 Å². The molecule has 6 rings (SSSR count). The summed E-state index contributed by atoms with van der Waals surface area (Å²) in [5.74, 6) is 0. The first-order valence-corrected chi connectivity index (χ1v) is 12.4. The van der Waals surface area contributed by atoms with Gasteiger partial charge in [0.25, 0.3) is 0 Å². The Hall–Kier alpha value is -3.19. The molecule has 0 fully saturated rings. The third-order valence-electron chi connectivity index (χ3n) is 7.53. The van der Waals surface area contributed by atoms with Crippen LogP contribution in [0.15, 0.2) is 66.9 Å². The van der Waals surface area contributed by atoms with Gasteiger partial charge in [0.05, 0.1) is 5.56 Å². The lowest BCUT2D eigenvalue weighted by Gasteiger charge is -2.27. The van der Waals surface area contributed by atoms with E-state index < -0.39 is 11.8 Å². The van der Waals surface area contributed by atoms with Crippen LogP contribution < -0.4 is 4.57 Å². The quantitative estimate of drug-likeness (QED) is 0.249. The second kappa shape index (κ2) is 7.67. The molecule has 2 aliphatic rings. The Kier molecular flexibility index (Phi) is 4.32. The zero-order chi connectivity index (χ0) is 25.4. The molecule has 0 aliphatic heterocycles. The second-order valence-corrected chi connectivity index (χ2v) is 11.1. The van der Waals surface area contributed by atoms with Gasteiger partial charge < -0.3 is 0 Å². The fourth-order valence-corrected chi connectivity index (χ4v) is 6.05. The van der Waals surface area contributed by atoms with Crippen LogP contribution in [0.25, 0.3) is 22.4 Å². The van der Waals surface area contributed by atoms with E-state index in [-0.39, 0.29) is 0 Å². The van der Waals surface area contributed by atoms with Gasteiger partial charge in [-0.2, -0.15) is 0 Å². The summed E-state index contributed by atoms with van der Waals surface area (Å²) in [6, 6.07) is 21.8. The lowest BCUT2D eigenvalue weighted by Crippen LogP contribution is -2.32. The molecule has 0 N–H and O–H groups in total. The number of nitrogens with zero attached hydrogens (tertiary/aromatic N) is 1. The Bertz CT molecular complexity index is 1540. The minimum absolute atomic E-state index is 0.503. The number of aryl methyl sites for hydroxylation is 1. The molecule has 0 bridgehead atoms. The fraction of sp³-hybridized carbons (Fsp3) is 0.303. The van der Waals surface area contributed by atoms with E-state index in [9.17, 15) is 0 Å². The lowest BCUT2D eigenvalue weighted by molar-refractivity contribution is -0.660. The molecule has 0 saturated heterocycles. The number of fused-ring (bicyclic) bond motifs is 6. The molecular formula is C33H34N+. The van der Waals surface area contributed by atoms with E-state index in [0.29, 0.717) is 0 Å². The summed E-state index contributed by atoms with van der Waals surface area (Å²) in [6.45, 7) is 8.23. The third kappa shape index (κ3) is 3.41. The van der Waals surface area contributed by atoms with Crippen LogP contribution >= 0.6 is 0 Å². The molecular weight excluding hydrogens is 410 g/mol. The van der Waals surface area contributed by atoms with E-state index in [0.717, 1.165) is 30.5 Å². The maximum Gasteiger partial charge on any atom is 0.213 e. The van der Waals surface area contributed by atoms with E-state index in [1.165, 1.54) is 55.6 Å². The minimum Gasteiger partial charge on any atom is -0.201 e. The van der Waals surface area contributed by atoms with Crippen LogP contribution in [0.1, 0.15) is 68.0 Å². The monoisotopic (exact) mass is 446 g/mol. The first-order chi connectivity index (χ1) is 17.1. The number of pyridine rings is 1. The number of benzene rings is 3. The molecule has 0 amide bonds. The molecule has 1 heteroatoms. The topological polar surface area (TPSA) is 3.88 Å². The Morgan fingerprint density at radius 2 is 1.38 bits per heavy atom. The Morgan fingerprint density at radius 3 is 2.06 bits per heavy atom. The third-order valence-corrected chi connectivity index (χ3v) is 7.53. The smallest absolute Gasteiger partial charge is 0.201 e. The zero-order valence-electron chi connectivity index (χ0n) is 22.9. The van der Waals surface area contributed by atoms with Crippen molar-refractivity contribution in [1.82, 2.24) is 0 Å². The van der Waals surface area contributed by atoms with Crippen LogP contribution in [0.5, 0.6) is 0 Å². The molecule has 0 radical (unpaired) electrons. The first-order valence-electron chi connectivity index (χ1n) is 13.4. The summed E-state index contributed by atoms with van der Waals surface area (Å²) in [4.78, 5) is 0. The SMILES string of the molecule is [2H]C([2H])(c1cc[n+](C)c(-c2c(C)c3c(c4c2Cc2ccccc2C4)-c2ccccc2C3)c1)C(C)(C)C. The van der Waals surface area contributed by atoms with Crippen LogP contribution in [0.4, 0.5) is 0 Å². The van der Waals surface area contributed by atoms with Crippen molar-refractivity contribution in [2.24, 2.45) is 12.5 Å². The molecule has 0 spiro atoms. The van der Waals surface area contributed by atoms with Crippen molar-refractivity contribution in [3.63, 3.8) is 0 Å². The van der Waals surface area contributed by atoms with E-state index in [4.69, 9.17) is 2.74 Å². The number of hydrogen-bond donors (Lipinski definition) is 0. The van der Waals surface area contributed by atoms with Gasteiger partial charge >= 0.3 is 0 Å². The van der Waals surface area contributed by atoms with Gasteiger partial charge in [0.2, 0.25) is 5.69 Å². The average molecular weight is 447 g/mol. The van der Waals surface area contributed by atoms with Crippen molar-refractivity contribution < 1.29 is 7.31 Å². The average Bonchev–Trinajstić information content (AvgIpc) is 3.24. The molecule has 1 aromatic heterocycles. The summed E-state index contributed by atoms with van der Waals surface area (Å²) in [5.41, 5.74) is 15.4. The van der Waals surface area contributed by atoms with Gasteiger partial charge in [-0.05, 0) is 93.6 Å². The van der Waals surface area contributed by atoms with Crippen LogP contribution in [0.3, 0.4) is 0 Å². The predicted octanol–water partition coefficient (Wildman–Crippen LogP) is 7.14. The summed E-state index contributed by atoms with van der Waals surface area (Å²) >= 11 is 0. The Labute approximate surface area is 206 Å². The van der Waals surface area contributed by atoms with Gasteiger partial charge in [-0.15, -0.1) is 0 Å². The minimum atomic E-state index is -1.44. The number of rotatable bonds is 2. The molecule has 4 aromatic rings. The molecule has 1 heterocycles. The van der Waals surface area contributed by atoms with Gasteiger partial charge in [-0.3, -0.25) is 0 Å². The van der Waals surface area contributed by atoms with Crippen molar-refractivity contribution in [1.29, 1.82) is 0 Å². The molecule has 2 aliphatic carbocycles. The molecule has 170 valence electrons. The molecule has 1 nitrogen and oxygen atoms in total. The van der Waals surface area contributed by atoms with Crippen LogP contribution in [0.2, 0.25) is 0 Å². The zero-order valence-corrected chi connectivity index (χ0v) is 20.9. The standard InChI is InChI=1S/C33H34N/c1-21-27-19-25-12-8-9-13-26(25)32(27)29-18-24-11-7-6-10-23(24)17-28(29)31(21)30-16-22(14-15-34(30)5)20-33(2,3)4/h6-16H,17-20H2,1-5H3/q+1/i20D2. The summed E-state index contributed by atoms with van der Waals surface area (Å²) in [6.07, 6.45) is 3.42. The van der Waals surface area contributed by atoms with Crippen LogP contribution in [-0.4, -0.2) is 0 Å². The van der Waals surface area contributed by atoms with Crippen molar-refractivity contribution in [3.8, 4) is 22.4 Å². The van der Waals surface area contributed by atoms with Gasteiger partial charge in [0, 0.05) is 14.9 Å². The molecule has 0 saturated carbocycles. The molecule has 0 atom stereocenters. The Morgan fingerprint density at radius 1 is 0.794 bits per heavy atom. The maximum atomic E-state index is 8.95. The highest BCUT2D eigenvalue weighted by Crippen LogP contribution is 2.48. The lowest BCUT2D eigenvalue weighted by atomic mass is 9.76. The van der Waals surface area contributed by atoms with E-state index in [1.807, 2.05) is 33.0 Å². The van der Waals surface area contributed by atoms with Gasteiger partial charge in [0.15, 0.2) is 6.20 Å².